The molecule has 0 spiro atoms. The van der Waals surface area contributed by atoms with Gasteiger partial charge in [0.05, 0.1) is 0 Å². The molecule has 0 saturated heterocycles. The van der Waals surface area contributed by atoms with E-state index < -0.39 is 23.2 Å². The van der Waals surface area contributed by atoms with Crippen LogP contribution in [0.4, 0.5) is 0 Å². The van der Waals surface area contributed by atoms with Crippen molar-refractivity contribution in [2.45, 2.75) is 36.2 Å². The van der Waals surface area contributed by atoms with E-state index in [0.717, 1.165) is 0 Å². The van der Waals surface area contributed by atoms with Gasteiger partial charge in [0.2, 0.25) is 0 Å². The van der Waals surface area contributed by atoms with E-state index in [1.165, 1.54) is 47.8 Å². The van der Waals surface area contributed by atoms with Gasteiger partial charge in [-0.2, -0.15) is 0 Å². The minimum atomic E-state index is -0.776. The molecule has 1 nitrogen and oxygen atoms in total. The van der Waals surface area contributed by atoms with Crippen LogP contribution in [-0.4, -0.2) is 4.57 Å². The largest absolute Gasteiger partial charge is 1.00 e. The van der Waals surface area contributed by atoms with Gasteiger partial charge in [0.15, 0.2) is 0 Å². The van der Waals surface area contributed by atoms with Crippen LogP contribution in [0.2, 0.25) is 0 Å². The Balaban J connectivity index is 0.00000128. The van der Waals surface area contributed by atoms with Gasteiger partial charge in [0.1, 0.15) is 0 Å². The van der Waals surface area contributed by atoms with Crippen LogP contribution in [0.15, 0.2) is 81.8 Å². The van der Waals surface area contributed by atoms with Crippen LogP contribution in [0.25, 0.3) is 22.7 Å². The summed E-state index contributed by atoms with van der Waals surface area (Å²) in [6.45, 7) is 2.30. The number of rotatable bonds is 6. The molecule has 1 atom stereocenters. The van der Waals surface area contributed by atoms with Crippen molar-refractivity contribution in [2.24, 2.45) is 0 Å². The summed E-state index contributed by atoms with van der Waals surface area (Å²) in [4.78, 5) is 0. The molecule has 1 heterocycles. The molecule has 0 radical (unpaired) electrons. The summed E-state index contributed by atoms with van der Waals surface area (Å²) in [5, 5.41) is 1.33. The molecule has 1 aromatic heterocycles. The summed E-state index contributed by atoms with van der Waals surface area (Å²) >= 11 is -0.776. The Hall–Kier alpha value is -2.06. The van der Waals surface area contributed by atoms with Gasteiger partial charge < -0.3 is 9.41 Å². The van der Waals surface area contributed by atoms with Crippen molar-refractivity contribution in [3.8, 4) is 0 Å². The second kappa shape index (κ2) is 9.83. The average molecular weight is 481 g/mol. The number of benzene rings is 2. The number of nitrogens with zero attached hydrogens (tertiary/aromatic N) is 1. The second-order valence-electron chi connectivity index (χ2n) is 7.73. The topological polar surface area (TPSA) is 4.93 Å². The first kappa shape index (κ1) is 22.6. The van der Waals surface area contributed by atoms with Gasteiger partial charge in [-0.1, -0.05) is 0 Å². The number of aromatic nitrogens is 1. The van der Waals surface area contributed by atoms with Crippen LogP contribution in [0.1, 0.15) is 47.4 Å². The molecule has 0 aliphatic heterocycles. The van der Waals surface area contributed by atoms with Gasteiger partial charge in [0.25, 0.3) is 0 Å². The second-order valence-corrected chi connectivity index (χ2v) is 11.3. The molecular formula is C26H25F2NZr. The maximum Gasteiger partial charge on any atom is -1.00 e. The quantitative estimate of drug-likeness (QED) is 0.500. The third kappa shape index (κ3) is 4.07. The molecule has 0 fully saturated rings. The number of para-hydroxylation sites is 1. The third-order valence-corrected chi connectivity index (χ3v) is 10.3. The summed E-state index contributed by atoms with van der Waals surface area (Å²) in [5.41, 5.74) is 7.45. The van der Waals surface area contributed by atoms with Crippen molar-refractivity contribution in [2.75, 3.05) is 0 Å². The van der Waals surface area contributed by atoms with Gasteiger partial charge in [-0.3, -0.25) is 0 Å². The molecule has 2 aliphatic rings. The van der Waals surface area contributed by atoms with Crippen molar-refractivity contribution in [1.29, 1.82) is 0 Å². The van der Waals surface area contributed by atoms with Gasteiger partial charge in [-0.25, -0.2) is 0 Å². The number of hydrogen-bond donors (Lipinski definition) is 0. The fourth-order valence-corrected chi connectivity index (χ4v) is 8.80. The molecule has 0 bridgehead atoms. The Morgan fingerprint density at radius 1 is 1.00 bits per heavy atom. The van der Waals surface area contributed by atoms with E-state index in [9.17, 15) is 0 Å². The Kier molecular flexibility index (Phi) is 7.42. The van der Waals surface area contributed by atoms with Gasteiger partial charge in [0, 0.05) is 0 Å². The van der Waals surface area contributed by atoms with Crippen molar-refractivity contribution in [1.82, 2.24) is 4.57 Å². The molecule has 3 aromatic rings. The Morgan fingerprint density at radius 2 is 1.80 bits per heavy atom. The zero-order valence-electron chi connectivity index (χ0n) is 17.1. The molecule has 30 heavy (non-hydrogen) atoms. The molecule has 0 amide bonds. The molecule has 2 aliphatic carbocycles. The SMILES string of the molecule is CCCCC1=[C]([Zr+2][CH]2C(n3ccc4ccccc43)=Cc3ccccc32)CC=C1.[F-].[F-]. The molecule has 2 aromatic carbocycles. The average Bonchev–Trinajstić information content (AvgIpc) is 3.44. The van der Waals surface area contributed by atoms with E-state index in [1.807, 2.05) is 0 Å². The van der Waals surface area contributed by atoms with Crippen LogP contribution in [-0.2, 0) is 23.2 Å². The monoisotopic (exact) mass is 479 g/mol. The maximum absolute atomic E-state index is 2.45. The van der Waals surface area contributed by atoms with Crippen molar-refractivity contribution >= 4 is 22.7 Å². The van der Waals surface area contributed by atoms with Crippen molar-refractivity contribution < 1.29 is 32.6 Å². The van der Waals surface area contributed by atoms with Crippen LogP contribution in [0.5, 0.6) is 0 Å². The van der Waals surface area contributed by atoms with Crippen molar-refractivity contribution in [3.63, 3.8) is 0 Å². The van der Waals surface area contributed by atoms with E-state index in [4.69, 9.17) is 0 Å². The fraction of sp³-hybridized carbons (Fsp3) is 0.231. The fourth-order valence-electron chi connectivity index (χ4n) is 4.45. The molecule has 5 rings (SSSR count). The van der Waals surface area contributed by atoms with E-state index >= 15 is 0 Å². The van der Waals surface area contributed by atoms with E-state index in [1.54, 1.807) is 14.4 Å². The first-order valence-corrected chi connectivity index (χ1v) is 13.0. The molecule has 0 N–H and O–H groups in total. The molecule has 1 unspecified atom stereocenters. The molecule has 0 saturated carbocycles. The van der Waals surface area contributed by atoms with Crippen LogP contribution >= 0.6 is 0 Å². The normalized spacial score (nSPS) is 16.7. The Morgan fingerprint density at radius 3 is 2.67 bits per heavy atom. The predicted molar refractivity (Wildman–Crippen MR) is 116 cm³/mol. The number of allylic oxidation sites excluding steroid dienone is 5. The first-order chi connectivity index (χ1) is 13.8. The van der Waals surface area contributed by atoms with E-state index in [2.05, 4.69) is 90.5 Å². The Bertz CT molecular complexity index is 1120. The number of unbranched alkanes of at least 4 members (excludes halogenated alkanes) is 1. The minimum absolute atomic E-state index is 0. The number of hydrogen-bond acceptors (Lipinski definition) is 0. The van der Waals surface area contributed by atoms with Gasteiger partial charge >= 0.3 is 180 Å². The zero-order chi connectivity index (χ0) is 18.9. The van der Waals surface area contributed by atoms with Crippen molar-refractivity contribution in [3.05, 3.63) is 92.9 Å². The van der Waals surface area contributed by atoms with E-state index in [0.29, 0.717) is 3.63 Å². The number of fused-ring (bicyclic) bond motifs is 2. The van der Waals surface area contributed by atoms with Crippen LogP contribution in [0, 0.1) is 0 Å². The number of halogens is 2. The molecular weight excluding hydrogens is 456 g/mol. The van der Waals surface area contributed by atoms with Gasteiger partial charge in [-0.15, -0.1) is 0 Å². The minimum Gasteiger partial charge on any atom is -1.00 e. The standard InChI is InChI=1S/C17H12N.C9H13.2FH.Zr/c1-2-7-15-12-16(11-14(15)6-1)18-10-9-13-5-3-4-8-17(13)18;1-2-3-6-9-7-4-5-8-9;;;/h1-12H;4,7H,2-3,5-6H2,1H3;2*1H;/q;;;;+2/p-2. The molecule has 152 valence electrons. The Labute approximate surface area is 188 Å². The van der Waals surface area contributed by atoms with Gasteiger partial charge in [-0.05, 0) is 0 Å². The first-order valence-electron chi connectivity index (χ1n) is 10.4. The summed E-state index contributed by atoms with van der Waals surface area (Å²) in [6.07, 6.45) is 14.6. The smallest absolute Gasteiger partial charge is 1.00 e. The maximum atomic E-state index is 2.45. The predicted octanol–water partition coefficient (Wildman–Crippen LogP) is 1.19. The molecule has 4 heteroatoms. The van der Waals surface area contributed by atoms with Crippen LogP contribution in [0.3, 0.4) is 0 Å². The van der Waals surface area contributed by atoms with Crippen LogP contribution < -0.4 is 9.41 Å². The zero-order valence-corrected chi connectivity index (χ0v) is 19.6. The summed E-state index contributed by atoms with van der Waals surface area (Å²) in [5.74, 6) is 0. The summed E-state index contributed by atoms with van der Waals surface area (Å²) in [6, 6.07) is 20.1. The summed E-state index contributed by atoms with van der Waals surface area (Å²) in [7, 11) is 0. The third-order valence-electron chi connectivity index (χ3n) is 5.93. The summed E-state index contributed by atoms with van der Waals surface area (Å²) < 4.78 is 4.86. The van der Waals surface area contributed by atoms with E-state index in [-0.39, 0.29) is 9.41 Å².